The highest BCUT2D eigenvalue weighted by Gasteiger charge is 2.34. The molecule has 0 aliphatic carbocycles. The SMILES string of the molecule is CCNC(=O)N1CCC(NC(=O)N2CC(Oc3cccc(C)c3)C2)CC1. The van der Waals surface area contributed by atoms with Crippen LogP contribution in [0.1, 0.15) is 25.3 Å². The Bertz CT molecular complexity index is 637. The molecule has 0 saturated carbocycles. The van der Waals surface area contributed by atoms with Crippen LogP contribution in [-0.2, 0) is 0 Å². The van der Waals surface area contributed by atoms with E-state index in [1.54, 1.807) is 4.90 Å². The molecule has 2 aliphatic heterocycles. The summed E-state index contributed by atoms with van der Waals surface area (Å²) in [5.74, 6) is 0.854. The molecule has 2 aliphatic rings. The Kier molecular flexibility index (Phi) is 5.85. The molecule has 7 nitrogen and oxygen atoms in total. The molecular formula is C19H28N4O3. The molecule has 0 bridgehead atoms. The van der Waals surface area contributed by atoms with Gasteiger partial charge in [-0.25, -0.2) is 9.59 Å². The highest BCUT2D eigenvalue weighted by molar-refractivity contribution is 5.76. The molecule has 3 rings (SSSR count). The number of hydrogen-bond acceptors (Lipinski definition) is 3. The molecule has 4 amide bonds. The fraction of sp³-hybridized carbons (Fsp3) is 0.579. The van der Waals surface area contributed by atoms with Gasteiger partial charge in [0, 0.05) is 25.7 Å². The van der Waals surface area contributed by atoms with Gasteiger partial charge in [-0.1, -0.05) is 12.1 Å². The normalized spacial score (nSPS) is 18.2. The predicted octanol–water partition coefficient (Wildman–Crippen LogP) is 1.96. The van der Waals surface area contributed by atoms with Crippen molar-refractivity contribution in [1.29, 1.82) is 0 Å². The second-order valence-corrected chi connectivity index (χ2v) is 7.01. The molecule has 2 saturated heterocycles. The summed E-state index contributed by atoms with van der Waals surface area (Å²) < 4.78 is 5.89. The van der Waals surface area contributed by atoms with Crippen LogP contribution < -0.4 is 15.4 Å². The average Bonchev–Trinajstić information content (AvgIpc) is 2.58. The number of aryl methyl sites for hydroxylation is 1. The summed E-state index contributed by atoms with van der Waals surface area (Å²) in [6, 6.07) is 8.03. The van der Waals surface area contributed by atoms with E-state index in [-0.39, 0.29) is 24.2 Å². The molecule has 2 heterocycles. The van der Waals surface area contributed by atoms with Crippen LogP contribution >= 0.6 is 0 Å². The van der Waals surface area contributed by atoms with Gasteiger partial charge in [-0.3, -0.25) is 0 Å². The van der Waals surface area contributed by atoms with E-state index in [0.29, 0.717) is 32.7 Å². The average molecular weight is 360 g/mol. The van der Waals surface area contributed by atoms with Crippen LogP contribution in [0, 0.1) is 6.92 Å². The van der Waals surface area contributed by atoms with E-state index in [4.69, 9.17) is 4.74 Å². The lowest BCUT2D eigenvalue weighted by Crippen LogP contribution is -2.60. The lowest BCUT2D eigenvalue weighted by molar-refractivity contribution is 0.0425. The van der Waals surface area contributed by atoms with Gasteiger partial charge in [-0.15, -0.1) is 0 Å². The molecule has 2 fully saturated rings. The molecule has 0 spiro atoms. The summed E-state index contributed by atoms with van der Waals surface area (Å²) in [6.45, 7) is 7.15. The Morgan fingerprint density at radius 2 is 1.88 bits per heavy atom. The van der Waals surface area contributed by atoms with Crippen molar-refractivity contribution in [2.75, 3.05) is 32.7 Å². The molecule has 2 N–H and O–H groups in total. The number of rotatable bonds is 4. The number of urea groups is 2. The predicted molar refractivity (Wildman–Crippen MR) is 99.4 cm³/mol. The number of piperidine rings is 1. The van der Waals surface area contributed by atoms with Crippen molar-refractivity contribution in [3.05, 3.63) is 29.8 Å². The molecule has 0 aromatic heterocycles. The summed E-state index contributed by atoms with van der Waals surface area (Å²) in [6.07, 6.45) is 1.64. The number of carbonyl (C=O) groups is 2. The van der Waals surface area contributed by atoms with Gasteiger partial charge in [0.25, 0.3) is 0 Å². The molecule has 1 aromatic rings. The molecule has 0 atom stereocenters. The van der Waals surface area contributed by atoms with E-state index in [1.807, 2.05) is 43.0 Å². The van der Waals surface area contributed by atoms with Crippen molar-refractivity contribution >= 4 is 12.1 Å². The maximum atomic E-state index is 12.3. The largest absolute Gasteiger partial charge is 0.487 e. The topological polar surface area (TPSA) is 73.9 Å². The minimum atomic E-state index is -0.0365. The number of carbonyl (C=O) groups excluding carboxylic acids is 2. The third-order valence-electron chi connectivity index (χ3n) is 4.87. The van der Waals surface area contributed by atoms with E-state index in [0.717, 1.165) is 24.2 Å². The summed E-state index contributed by atoms with van der Waals surface area (Å²) in [5, 5.41) is 5.89. The van der Waals surface area contributed by atoms with Crippen molar-refractivity contribution in [3.63, 3.8) is 0 Å². The Balaban J connectivity index is 1.36. The maximum absolute atomic E-state index is 12.3. The van der Waals surface area contributed by atoms with Gasteiger partial charge >= 0.3 is 12.1 Å². The van der Waals surface area contributed by atoms with Gasteiger partial charge in [0.05, 0.1) is 13.1 Å². The highest BCUT2D eigenvalue weighted by atomic mass is 16.5. The van der Waals surface area contributed by atoms with Gasteiger partial charge < -0.3 is 25.2 Å². The molecule has 0 unspecified atom stereocenters. The van der Waals surface area contributed by atoms with Crippen LogP contribution in [0.15, 0.2) is 24.3 Å². The molecule has 26 heavy (non-hydrogen) atoms. The molecule has 142 valence electrons. The standard InChI is InChI=1S/C19H28N4O3/c1-3-20-18(24)22-9-7-15(8-10-22)21-19(25)23-12-17(13-23)26-16-6-4-5-14(2)11-16/h4-6,11,15,17H,3,7-10,12-13H2,1-2H3,(H,20,24)(H,21,25). The Hall–Kier alpha value is -2.44. The van der Waals surface area contributed by atoms with Gasteiger partial charge in [-0.05, 0) is 44.4 Å². The molecule has 0 radical (unpaired) electrons. The van der Waals surface area contributed by atoms with Crippen LogP contribution in [0.4, 0.5) is 9.59 Å². The quantitative estimate of drug-likeness (QED) is 0.862. The number of ether oxygens (including phenoxy) is 1. The maximum Gasteiger partial charge on any atom is 0.317 e. The number of amides is 4. The summed E-state index contributed by atoms with van der Waals surface area (Å²) in [7, 11) is 0. The number of likely N-dealkylation sites (tertiary alicyclic amines) is 2. The van der Waals surface area contributed by atoms with Gasteiger partial charge in [0.15, 0.2) is 0 Å². The Morgan fingerprint density at radius 1 is 1.15 bits per heavy atom. The van der Waals surface area contributed by atoms with Crippen molar-refractivity contribution < 1.29 is 14.3 Å². The summed E-state index contributed by atoms with van der Waals surface area (Å²) >= 11 is 0. The lowest BCUT2D eigenvalue weighted by Gasteiger charge is -2.40. The second-order valence-electron chi connectivity index (χ2n) is 7.01. The first-order valence-corrected chi connectivity index (χ1v) is 9.36. The molecular weight excluding hydrogens is 332 g/mol. The minimum absolute atomic E-state index is 0.0174. The van der Waals surface area contributed by atoms with E-state index in [2.05, 4.69) is 10.6 Å². The number of nitrogens with one attached hydrogen (secondary N) is 2. The summed E-state index contributed by atoms with van der Waals surface area (Å²) in [5.41, 5.74) is 1.16. The first kappa shape index (κ1) is 18.4. The number of benzene rings is 1. The minimum Gasteiger partial charge on any atom is -0.487 e. The van der Waals surface area contributed by atoms with E-state index in [1.165, 1.54) is 0 Å². The van der Waals surface area contributed by atoms with Crippen molar-refractivity contribution in [2.45, 2.75) is 38.8 Å². The van der Waals surface area contributed by atoms with Crippen LogP contribution in [0.5, 0.6) is 5.75 Å². The number of hydrogen-bond donors (Lipinski definition) is 2. The first-order chi connectivity index (χ1) is 12.5. The molecule has 1 aromatic carbocycles. The lowest BCUT2D eigenvalue weighted by atomic mass is 10.1. The zero-order chi connectivity index (χ0) is 18.5. The zero-order valence-electron chi connectivity index (χ0n) is 15.5. The smallest absolute Gasteiger partial charge is 0.317 e. The fourth-order valence-corrected chi connectivity index (χ4v) is 3.32. The van der Waals surface area contributed by atoms with E-state index < -0.39 is 0 Å². The van der Waals surface area contributed by atoms with Gasteiger partial charge in [0.2, 0.25) is 0 Å². The van der Waals surface area contributed by atoms with Crippen LogP contribution in [0.2, 0.25) is 0 Å². The van der Waals surface area contributed by atoms with Crippen LogP contribution in [-0.4, -0.2) is 66.7 Å². The van der Waals surface area contributed by atoms with E-state index in [9.17, 15) is 9.59 Å². The third kappa shape index (κ3) is 4.59. The number of nitrogens with zero attached hydrogens (tertiary/aromatic N) is 2. The zero-order valence-corrected chi connectivity index (χ0v) is 15.5. The van der Waals surface area contributed by atoms with Crippen LogP contribution in [0.25, 0.3) is 0 Å². The summed E-state index contributed by atoms with van der Waals surface area (Å²) in [4.78, 5) is 27.7. The van der Waals surface area contributed by atoms with E-state index >= 15 is 0 Å². The fourth-order valence-electron chi connectivity index (χ4n) is 3.32. The second kappa shape index (κ2) is 8.29. The first-order valence-electron chi connectivity index (χ1n) is 9.36. The van der Waals surface area contributed by atoms with Crippen LogP contribution in [0.3, 0.4) is 0 Å². The highest BCUT2D eigenvalue weighted by Crippen LogP contribution is 2.19. The van der Waals surface area contributed by atoms with Crippen molar-refractivity contribution in [1.82, 2.24) is 20.4 Å². The molecule has 7 heteroatoms. The Labute approximate surface area is 154 Å². The van der Waals surface area contributed by atoms with Crippen molar-refractivity contribution in [3.8, 4) is 5.75 Å². The van der Waals surface area contributed by atoms with Gasteiger partial charge in [0.1, 0.15) is 11.9 Å². The Morgan fingerprint density at radius 3 is 2.54 bits per heavy atom. The van der Waals surface area contributed by atoms with Crippen molar-refractivity contribution in [2.24, 2.45) is 0 Å². The third-order valence-corrected chi connectivity index (χ3v) is 4.87. The monoisotopic (exact) mass is 360 g/mol. The van der Waals surface area contributed by atoms with Gasteiger partial charge in [-0.2, -0.15) is 0 Å².